The summed E-state index contributed by atoms with van der Waals surface area (Å²) in [5, 5.41) is 3.09. The lowest BCUT2D eigenvalue weighted by atomic mass is 10.2. The van der Waals surface area contributed by atoms with E-state index < -0.39 is 15.8 Å². The zero-order chi connectivity index (χ0) is 13.8. The van der Waals surface area contributed by atoms with Crippen molar-refractivity contribution < 1.29 is 12.8 Å². The summed E-state index contributed by atoms with van der Waals surface area (Å²) >= 11 is 0. The molecular weight excluding hydrogens is 291 g/mol. The Balaban J connectivity index is 0.00000324. The van der Waals surface area contributed by atoms with Gasteiger partial charge in [0.1, 0.15) is 5.82 Å². The van der Waals surface area contributed by atoms with Gasteiger partial charge in [-0.1, -0.05) is 13.0 Å². The van der Waals surface area contributed by atoms with Crippen LogP contribution in [0.15, 0.2) is 23.1 Å². The van der Waals surface area contributed by atoms with Crippen molar-refractivity contribution in [1.82, 2.24) is 10.0 Å². The lowest BCUT2D eigenvalue weighted by Gasteiger charge is -2.13. The summed E-state index contributed by atoms with van der Waals surface area (Å²) in [5.41, 5.74) is 0.426. The van der Waals surface area contributed by atoms with Crippen molar-refractivity contribution in [2.24, 2.45) is 0 Å². The molecule has 0 aliphatic heterocycles. The molecule has 0 fully saturated rings. The number of halogens is 2. The highest BCUT2D eigenvalue weighted by Gasteiger charge is 2.16. The molecule has 1 aromatic rings. The molecule has 0 saturated carbocycles. The summed E-state index contributed by atoms with van der Waals surface area (Å²) in [6.45, 7) is 6.45. The summed E-state index contributed by atoms with van der Waals surface area (Å²) in [7, 11) is -3.64. The Bertz CT molecular complexity index is 508. The van der Waals surface area contributed by atoms with E-state index in [0.717, 1.165) is 12.6 Å². The summed E-state index contributed by atoms with van der Waals surface area (Å²) in [5.74, 6) is -0.516. The zero-order valence-electron chi connectivity index (χ0n) is 11.2. The summed E-state index contributed by atoms with van der Waals surface area (Å²) in [6, 6.07) is 3.92. The number of sulfonamides is 1. The normalized spacial score (nSPS) is 12.8. The SMILES string of the molecule is CCN[C@H](C)CNS(=O)(=O)c1ccc(C)c(F)c1.Cl. The Hall–Kier alpha value is -0.690. The molecule has 110 valence electrons. The van der Waals surface area contributed by atoms with Gasteiger partial charge in [-0.15, -0.1) is 12.4 Å². The van der Waals surface area contributed by atoms with E-state index in [4.69, 9.17) is 0 Å². The Morgan fingerprint density at radius 1 is 1.37 bits per heavy atom. The van der Waals surface area contributed by atoms with E-state index in [0.29, 0.717) is 5.56 Å². The minimum atomic E-state index is -3.64. The van der Waals surface area contributed by atoms with E-state index in [1.165, 1.54) is 12.1 Å². The van der Waals surface area contributed by atoms with Crippen LogP contribution in [0.3, 0.4) is 0 Å². The molecule has 1 aromatic carbocycles. The van der Waals surface area contributed by atoms with Gasteiger partial charge in [0, 0.05) is 12.6 Å². The Labute approximate surface area is 120 Å². The minimum absolute atomic E-state index is 0. The molecule has 4 nitrogen and oxygen atoms in total. The molecule has 7 heteroatoms. The highest BCUT2D eigenvalue weighted by Crippen LogP contribution is 2.13. The van der Waals surface area contributed by atoms with E-state index in [1.807, 2.05) is 13.8 Å². The molecule has 0 amide bonds. The molecule has 0 saturated heterocycles. The van der Waals surface area contributed by atoms with Crippen molar-refractivity contribution >= 4 is 22.4 Å². The molecular formula is C12H20ClFN2O2S. The van der Waals surface area contributed by atoms with Gasteiger partial charge in [0.2, 0.25) is 10.0 Å². The maximum Gasteiger partial charge on any atom is 0.240 e. The second kappa shape index (κ2) is 7.79. The van der Waals surface area contributed by atoms with Crippen LogP contribution in [0.25, 0.3) is 0 Å². The third-order valence-corrected chi connectivity index (χ3v) is 4.01. The average molecular weight is 311 g/mol. The molecule has 2 N–H and O–H groups in total. The van der Waals surface area contributed by atoms with Gasteiger partial charge >= 0.3 is 0 Å². The molecule has 0 aliphatic carbocycles. The van der Waals surface area contributed by atoms with Crippen LogP contribution in [0.5, 0.6) is 0 Å². The van der Waals surface area contributed by atoms with Crippen molar-refractivity contribution in [1.29, 1.82) is 0 Å². The first-order valence-electron chi connectivity index (χ1n) is 5.86. The van der Waals surface area contributed by atoms with Gasteiger partial charge in [0.25, 0.3) is 0 Å². The molecule has 0 heterocycles. The molecule has 1 atom stereocenters. The third kappa shape index (κ3) is 5.44. The van der Waals surface area contributed by atoms with Gasteiger partial charge < -0.3 is 5.32 Å². The Kier molecular flexibility index (Phi) is 7.51. The molecule has 1 rings (SSSR count). The summed E-state index contributed by atoms with van der Waals surface area (Å²) in [4.78, 5) is -0.0469. The van der Waals surface area contributed by atoms with E-state index in [2.05, 4.69) is 10.0 Å². The molecule has 0 bridgehead atoms. The van der Waals surface area contributed by atoms with Gasteiger partial charge in [-0.05, 0) is 38.1 Å². The van der Waals surface area contributed by atoms with Crippen LogP contribution >= 0.6 is 12.4 Å². The molecule has 0 radical (unpaired) electrons. The highest BCUT2D eigenvalue weighted by atomic mass is 35.5. The fraction of sp³-hybridized carbons (Fsp3) is 0.500. The summed E-state index contributed by atoms with van der Waals surface area (Å²) in [6.07, 6.45) is 0. The maximum absolute atomic E-state index is 13.3. The van der Waals surface area contributed by atoms with Gasteiger partial charge in [0.15, 0.2) is 0 Å². The van der Waals surface area contributed by atoms with E-state index in [9.17, 15) is 12.8 Å². The van der Waals surface area contributed by atoms with Crippen LogP contribution in [0.1, 0.15) is 19.4 Å². The lowest BCUT2D eigenvalue weighted by Crippen LogP contribution is -2.38. The number of hydrogen-bond donors (Lipinski definition) is 2. The van der Waals surface area contributed by atoms with Crippen molar-refractivity contribution in [3.05, 3.63) is 29.6 Å². The van der Waals surface area contributed by atoms with Crippen molar-refractivity contribution in [2.75, 3.05) is 13.1 Å². The van der Waals surface area contributed by atoms with Crippen LogP contribution in [-0.2, 0) is 10.0 Å². The van der Waals surface area contributed by atoms with Gasteiger partial charge in [-0.25, -0.2) is 17.5 Å². The number of aryl methyl sites for hydroxylation is 1. The monoisotopic (exact) mass is 310 g/mol. The van der Waals surface area contributed by atoms with Crippen LogP contribution in [0.2, 0.25) is 0 Å². The number of benzene rings is 1. The van der Waals surface area contributed by atoms with Crippen LogP contribution in [0.4, 0.5) is 4.39 Å². The first kappa shape index (κ1) is 18.3. The van der Waals surface area contributed by atoms with Crippen molar-refractivity contribution in [3.8, 4) is 0 Å². The van der Waals surface area contributed by atoms with Gasteiger partial charge in [0.05, 0.1) is 4.90 Å². The van der Waals surface area contributed by atoms with Crippen molar-refractivity contribution in [3.63, 3.8) is 0 Å². The van der Waals surface area contributed by atoms with Crippen molar-refractivity contribution in [2.45, 2.75) is 31.7 Å². The predicted molar refractivity (Wildman–Crippen MR) is 76.7 cm³/mol. The van der Waals surface area contributed by atoms with E-state index >= 15 is 0 Å². The standard InChI is InChI=1S/C12H19FN2O2S.ClH/c1-4-14-10(3)8-15-18(16,17)11-6-5-9(2)12(13)7-11;/h5-7,10,14-15H,4,8H2,1-3H3;1H/t10-;/m1./s1. The highest BCUT2D eigenvalue weighted by molar-refractivity contribution is 7.89. The largest absolute Gasteiger partial charge is 0.313 e. The maximum atomic E-state index is 13.3. The van der Waals surface area contributed by atoms with E-state index in [-0.39, 0.29) is 29.9 Å². The molecule has 0 unspecified atom stereocenters. The Morgan fingerprint density at radius 3 is 2.53 bits per heavy atom. The zero-order valence-corrected chi connectivity index (χ0v) is 12.9. The fourth-order valence-corrected chi connectivity index (χ4v) is 2.62. The first-order valence-corrected chi connectivity index (χ1v) is 7.34. The second-order valence-corrected chi connectivity index (χ2v) is 5.99. The molecule has 19 heavy (non-hydrogen) atoms. The first-order chi connectivity index (χ1) is 8.36. The van der Waals surface area contributed by atoms with Gasteiger partial charge in [-0.2, -0.15) is 0 Å². The minimum Gasteiger partial charge on any atom is -0.313 e. The topological polar surface area (TPSA) is 58.2 Å². The number of nitrogens with one attached hydrogen (secondary N) is 2. The lowest BCUT2D eigenvalue weighted by molar-refractivity contribution is 0.535. The smallest absolute Gasteiger partial charge is 0.240 e. The predicted octanol–water partition coefficient (Wildman–Crippen LogP) is 1.83. The molecule has 0 aromatic heterocycles. The van der Waals surface area contributed by atoms with Crippen LogP contribution in [0, 0.1) is 12.7 Å². The van der Waals surface area contributed by atoms with E-state index in [1.54, 1.807) is 6.92 Å². The number of hydrogen-bond acceptors (Lipinski definition) is 3. The molecule has 0 spiro atoms. The number of likely N-dealkylation sites (N-methyl/N-ethyl adjacent to an activating group) is 1. The van der Waals surface area contributed by atoms with Gasteiger partial charge in [-0.3, -0.25) is 0 Å². The summed E-state index contributed by atoms with van der Waals surface area (Å²) < 4.78 is 39.6. The quantitative estimate of drug-likeness (QED) is 0.843. The third-order valence-electron chi connectivity index (χ3n) is 2.59. The average Bonchev–Trinajstić information content (AvgIpc) is 2.30. The fourth-order valence-electron chi connectivity index (χ4n) is 1.48. The van der Waals surface area contributed by atoms with Crippen LogP contribution < -0.4 is 10.0 Å². The van der Waals surface area contributed by atoms with Crippen LogP contribution in [-0.4, -0.2) is 27.5 Å². The second-order valence-electron chi connectivity index (χ2n) is 4.22. The Morgan fingerprint density at radius 2 is 2.00 bits per heavy atom. The molecule has 0 aliphatic rings. The number of rotatable bonds is 6.